The van der Waals surface area contributed by atoms with Crippen LogP contribution in [0.15, 0.2) is 18.2 Å². The van der Waals surface area contributed by atoms with Crippen LogP contribution >= 0.6 is 0 Å². The summed E-state index contributed by atoms with van der Waals surface area (Å²) in [5.41, 5.74) is 1.81. The summed E-state index contributed by atoms with van der Waals surface area (Å²) in [6, 6.07) is 6.35. The quantitative estimate of drug-likeness (QED) is 0.885. The summed E-state index contributed by atoms with van der Waals surface area (Å²) >= 11 is 0. The van der Waals surface area contributed by atoms with Gasteiger partial charge >= 0.3 is 0 Å². The van der Waals surface area contributed by atoms with Gasteiger partial charge in [0.05, 0.1) is 0 Å². The van der Waals surface area contributed by atoms with E-state index in [4.69, 9.17) is 0 Å². The number of halogens is 1. The van der Waals surface area contributed by atoms with Crippen molar-refractivity contribution in [3.8, 4) is 0 Å². The van der Waals surface area contributed by atoms with Crippen LogP contribution in [0.1, 0.15) is 11.1 Å². The van der Waals surface area contributed by atoms with Gasteiger partial charge < -0.3 is 5.32 Å². The largest absolute Gasteiger partial charge is 0.314 e. The van der Waals surface area contributed by atoms with Gasteiger partial charge in [0.1, 0.15) is 5.82 Å². The molecule has 2 fully saturated rings. The maximum absolute atomic E-state index is 13.5. The molecular weight excluding hydrogens is 241 g/mol. The number of nitrogens with one attached hydrogen (secondary N) is 1. The van der Waals surface area contributed by atoms with Crippen molar-refractivity contribution in [2.45, 2.75) is 19.5 Å². The fourth-order valence-electron chi connectivity index (χ4n) is 2.81. The Hall–Kier alpha value is -0.970. The molecule has 3 rings (SSSR count). The van der Waals surface area contributed by atoms with E-state index >= 15 is 0 Å². The Labute approximate surface area is 114 Å². The van der Waals surface area contributed by atoms with Gasteiger partial charge in [0.25, 0.3) is 0 Å². The highest BCUT2D eigenvalue weighted by Crippen LogP contribution is 2.14. The number of rotatable bonds is 3. The highest BCUT2D eigenvalue weighted by atomic mass is 19.1. The van der Waals surface area contributed by atoms with Gasteiger partial charge in [-0.05, 0) is 24.1 Å². The third-order valence-corrected chi connectivity index (χ3v) is 4.33. The highest BCUT2D eigenvalue weighted by Gasteiger charge is 2.27. The van der Waals surface area contributed by atoms with Gasteiger partial charge in [-0.3, -0.25) is 9.80 Å². The lowest BCUT2D eigenvalue weighted by Crippen LogP contribution is -2.61. The molecule has 1 N–H and O–H groups in total. The Morgan fingerprint density at radius 2 is 1.95 bits per heavy atom. The highest BCUT2D eigenvalue weighted by molar-refractivity contribution is 5.23. The van der Waals surface area contributed by atoms with Crippen molar-refractivity contribution in [3.63, 3.8) is 0 Å². The third-order valence-electron chi connectivity index (χ3n) is 4.33. The number of hydrogen-bond donors (Lipinski definition) is 1. The lowest BCUT2D eigenvalue weighted by molar-refractivity contribution is 0.0695. The van der Waals surface area contributed by atoms with E-state index < -0.39 is 0 Å². The minimum Gasteiger partial charge on any atom is -0.314 e. The Morgan fingerprint density at radius 3 is 2.53 bits per heavy atom. The lowest BCUT2D eigenvalue weighted by Gasteiger charge is -2.43. The zero-order valence-electron chi connectivity index (χ0n) is 11.5. The summed E-state index contributed by atoms with van der Waals surface area (Å²) in [6.45, 7) is 9.42. The van der Waals surface area contributed by atoms with E-state index in [0.29, 0.717) is 0 Å². The molecule has 2 aliphatic heterocycles. The molecule has 4 heteroatoms. The molecule has 0 unspecified atom stereocenters. The first kappa shape index (κ1) is 13.0. The van der Waals surface area contributed by atoms with Gasteiger partial charge in [-0.25, -0.2) is 4.39 Å². The van der Waals surface area contributed by atoms with Crippen LogP contribution in [0.2, 0.25) is 0 Å². The minimum absolute atomic E-state index is 0.0864. The SMILES string of the molecule is Cc1ccc(CN2CCN(C3CNC3)CC2)cc1F. The van der Waals surface area contributed by atoms with Crippen LogP contribution in [0.3, 0.4) is 0 Å². The molecule has 0 saturated carbocycles. The predicted octanol–water partition coefficient (Wildman–Crippen LogP) is 1.22. The number of nitrogens with zero attached hydrogens (tertiary/aromatic N) is 2. The first-order chi connectivity index (χ1) is 9.22. The molecule has 0 atom stereocenters. The van der Waals surface area contributed by atoms with Gasteiger partial charge in [0.15, 0.2) is 0 Å². The van der Waals surface area contributed by atoms with Crippen LogP contribution in [0.5, 0.6) is 0 Å². The topological polar surface area (TPSA) is 18.5 Å². The molecule has 3 nitrogen and oxygen atoms in total. The van der Waals surface area contributed by atoms with E-state index in [0.717, 1.165) is 63.0 Å². The molecule has 1 aromatic rings. The van der Waals surface area contributed by atoms with Crippen LogP contribution in [0.4, 0.5) is 4.39 Å². The summed E-state index contributed by atoms with van der Waals surface area (Å²) in [5, 5.41) is 3.32. The Balaban J connectivity index is 1.52. The van der Waals surface area contributed by atoms with E-state index in [9.17, 15) is 4.39 Å². The first-order valence-electron chi connectivity index (χ1n) is 7.14. The summed E-state index contributed by atoms with van der Waals surface area (Å²) in [4.78, 5) is 5.00. The van der Waals surface area contributed by atoms with E-state index in [1.807, 2.05) is 19.1 Å². The number of piperazine rings is 1. The molecule has 0 aliphatic carbocycles. The second kappa shape index (κ2) is 5.57. The van der Waals surface area contributed by atoms with Gasteiger partial charge in [-0.15, -0.1) is 0 Å². The smallest absolute Gasteiger partial charge is 0.126 e. The predicted molar refractivity (Wildman–Crippen MR) is 74.6 cm³/mol. The standard InChI is InChI=1S/C15H22FN3/c1-12-2-3-13(8-15(12)16)11-18-4-6-19(7-5-18)14-9-17-10-14/h2-3,8,14,17H,4-7,9-11H2,1H3. The van der Waals surface area contributed by atoms with Crippen LogP contribution < -0.4 is 5.32 Å². The number of benzene rings is 1. The molecular formula is C15H22FN3. The van der Waals surface area contributed by atoms with Gasteiger partial charge in [-0.2, -0.15) is 0 Å². The van der Waals surface area contributed by atoms with Gasteiger partial charge in [-0.1, -0.05) is 12.1 Å². The molecule has 0 aromatic heterocycles. The van der Waals surface area contributed by atoms with Gasteiger partial charge in [0, 0.05) is 51.9 Å². The third kappa shape index (κ3) is 2.96. The molecule has 1 aromatic carbocycles. The summed E-state index contributed by atoms with van der Waals surface area (Å²) < 4.78 is 13.5. The van der Waals surface area contributed by atoms with E-state index in [2.05, 4.69) is 15.1 Å². The zero-order valence-corrected chi connectivity index (χ0v) is 11.5. The summed E-state index contributed by atoms with van der Waals surface area (Å²) in [5.74, 6) is -0.0864. The van der Waals surface area contributed by atoms with Crippen LogP contribution in [0.25, 0.3) is 0 Å². The van der Waals surface area contributed by atoms with Crippen molar-refractivity contribution in [1.29, 1.82) is 0 Å². The normalized spacial score (nSPS) is 22.4. The second-order valence-electron chi connectivity index (χ2n) is 5.71. The Kier molecular flexibility index (Phi) is 3.82. The monoisotopic (exact) mass is 263 g/mol. The molecule has 0 amide bonds. The summed E-state index contributed by atoms with van der Waals surface area (Å²) in [7, 11) is 0. The van der Waals surface area contributed by atoms with Crippen molar-refractivity contribution in [3.05, 3.63) is 35.1 Å². The van der Waals surface area contributed by atoms with Crippen LogP contribution in [0, 0.1) is 12.7 Å². The average molecular weight is 263 g/mol. The van der Waals surface area contributed by atoms with Crippen molar-refractivity contribution in [2.75, 3.05) is 39.3 Å². The fraction of sp³-hybridized carbons (Fsp3) is 0.600. The number of aryl methyl sites for hydroxylation is 1. The van der Waals surface area contributed by atoms with Crippen LogP contribution in [-0.4, -0.2) is 55.1 Å². The molecule has 0 bridgehead atoms. The molecule has 2 saturated heterocycles. The van der Waals surface area contributed by atoms with E-state index in [-0.39, 0.29) is 5.82 Å². The fourth-order valence-corrected chi connectivity index (χ4v) is 2.81. The zero-order chi connectivity index (χ0) is 13.2. The molecule has 2 aliphatic rings. The molecule has 0 spiro atoms. The van der Waals surface area contributed by atoms with Crippen LogP contribution in [-0.2, 0) is 6.54 Å². The average Bonchev–Trinajstić information content (AvgIpc) is 2.34. The molecule has 2 heterocycles. The maximum Gasteiger partial charge on any atom is 0.126 e. The van der Waals surface area contributed by atoms with Crippen molar-refractivity contribution >= 4 is 0 Å². The van der Waals surface area contributed by atoms with Gasteiger partial charge in [0.2, 0.25) is 0 Å². The number of hydrogen-bond acceptors (Lipinski definition) is 3. The van der Waals surface area contributed by atoms with Crippen molar-refractivity contribution < 1.29 is 4.39 Å². The maximum atomic E-state index is 13.5. The Morgan fingerprint density at radius 1 is 1.21 bits per heavy atom. The van der Waals surface area contributed by atoms with Crippen molar-refractivity contribution in [1.82, 2.24) is 15.1 Å². The first-order valence-corrected chi connectivity index (χ1v) is 7.14. The lowest BCUT2D eigenvalue weighted by atomic mass is 10.1. The molecule has 104 valence electrons. The minimum atomic E-state index is -0.0864. The molecule has 19 heavy (non-hydrogen) atoms. The van der Waals surface area contributed by atoms with E-state index in [1.54, 1.807) is 6.07 Å². The Bertz CT molecular complexity index is 437. The second-order valence-corrected chi connectivity index (χ2v) is 5.71. The summed E-state index contributed by atoms with van der Waals surface area (Å²) in [6.07, 6.45) is 0. The molecule has 0 radical (unpaired) electrons. The van der Waals surface area contributed by atoms with E-state index in [1.165, 1.54) is 0 Å². The van der Waals surface area contributed by atoms with Crippen molar-refractivity contribution in [2.24, 2.45) is 0 Å².